The van der Waals surface area contributed by atoms with E-state index >= 15 is 0 Å². The summed E-state index contributed by atoms with van der Waals surface area (Å²) in [6.07, 6.45) is 0. The van der Waals surface area contributed by atoms with Gasteiger partial charge in [-0.2, -0.15) is 5.10 Å². The first-order valence-electron chi connectivity index (χ1n) is 8.91. The van der Waals surface area contributed by atoms with E-state index in [4.69, 9.17) is 0 Å². The Labute approximate surface area is 163 Å². The number of rotatable bonds is 5. The van der Waals surface area contributed by atoms with Crippen LogP contribution in [-0.2, 0) is 0 Å². The molecule has 4 aromatic rings. The molecule has 3 aromatic carbocycles. The highest BCUT2D eigenvalue weighted by Crippen LogP contribution is 2.41. The van der Waals surface area contributed by atoms with Crippen LogP contribution in [0.1, 0.15) is 11.1 Å². The van der Waals surface area contributed by atoms with E-state index < -0.39 is 0 Å². The molecule has 0 saturated carbocycles. The molecule has 2 N–H and O–H groups in total. The largest absolute Gasteiger partial charge is 0.338 e. The maximum absolute atomic E-state index is 4.58. The van der Waals surface area contributed by atoms with Crippen molar-refractivity contribution in [1.82, 2.24) is 10.2 Å². The lowest BCUT2D eigenvalue weighted by atomic mass is 10.1. The summed E-state index contributed by atoms with van der Waals surface area (Å²) in [5, 5.41) is 11.3. The first-order chi connectivity index (χ1) is 13.2. The minimum Gasteiger partial charge on any atom is -0.338 e. The fraction of sp³-hybridized carbons (Fsp3) is 0.0870. The van der Waals surface area contributed by atoms with Crippen LogP contribution in [0.4, 0.5) is 11.5 Å². The van der Waals surface area contributed by atoms with E-state index in [1.165, 1.54) is 16.0 Å². The monoisotopic (exact) mass is 371 g/mol. The van der Waals surface area contributed by atoms with Crippen molar-refractivity contribution in [1.29, 1.82) is 0 Å². The summed E-state index contributed by atoms with van der Waals surface area (Å²) in [7, 11) is 0. The van der Waals surface area contributed by atoms with E-state index in [1.54, 1.807) is 11.8 Å². The molecule has 0 radical (unpaired) electrons. The van der Waals surface area contributed by atoms with E-state index in [1.807, 2.05) is 48.5 Å². The molecule has 134 valence electrons. The Morgan fingerprint density at radius 2 is 1.56 bits per heavy atom. The molecule has 0 saturated heterocycles. The van der Waals surface area contributed by atoms with Crippen molar-refractivity contribution in [3.8, 4) is 11.3 Å². The molecule has 4 heteroatoms. The smallest absolute Gasteiger partial charge is 0.166 e. The van der Waals surface area contributed by atoms with Crippen molar-refractivity contribution >= 4 is 23.3 Å². The Balaban J connectivity index is 1.78. The van der Waals surface area contributed by atoms with Gasteiger partial charge in [-0.3, -0.25) is 5.10 Å². The Kier molecular flexibility index (Phi) is 4.99. The summed E-state index contributed by atoms with van der Waals surface area (Å²) in [4.78, 5) is 2.34. The second kappa shape index (κ2) is 7.72. The number of aromatic nitrogens is 2. The van der Waals surface area contributed by atoms with Crippen molar-refractivity contribution in [2.24, 2.45) is 0 Å². The van der Waals surface area contributed by atoms with Crippen molar-refractivity contribution in [3.63, 3.8) is 0 Å². The Hall–Kier alpha value is -2.98. The van der Waals surface area contributed by atoms with Crippen molar-refractivity contribution < 1.29 is 0 Å². The number of benzene rings is 3. The third-order valence-electron chi connectivity index (χ3n) is 4.38. The van der Waals surface area contributed by atoms with E-state index in [-0.39, 0.29) is 0 Å². The van der Waals surface area contributed by atoms with E-state index in [2.05, 4.69) is 59.7 Å². The van der Waals surface area contributed by atoms with Crippen LogP contribution in [0.2, 0.25) is 0 Å². The molecule has 0 fully saturated rings. The normalized spacial score (nSPS) is 10.7. The van der Waals surface area contributed by atoms with E-state index in [0.717, 1.165) is 27.7 Å². The van der Waals surface area contributed by atoms with Crippen LogP contribution >= 0.6 is 11.8 Å². The molecular formula is C23H21N3S. The standard InChI is InChI=1S/C23H21N3S/c1-16-13-14-17(2)20(15-16)27-22-21(18-9-5-3-6-10-18)25-26-23(22)24-19-11-7-4-8-12-19/h3-15H,1-2H3,(H2,24,25,26). The molecule has 0 aliphatic heterocycles. The summed E-state index contributed by atoms with van der Waals surface area (Å²) < 4.78 is 0. The fourth-order valence-corrected chi connectivity index (χ4v) is 4.05. The number of H-pyrrole nitrogens is 1. The summed E-state index contributed by atoms with van der Waals surface area (Å²) in [5.74, 6) is 0.839. The number of aryl methyl sites for hydroxylation is 2. The molecule has 0 bridgehead atoms. The maximum atomic E-state index is 4.58. The van der Waals surface area contributed by atoms with Gasteiger partial charge in [0.15, 0.2) is 5.82 Å². The van der Waals surface area contributed by atoms with Crippen LogP contribution in [0.25, 0.3) is 11.3 Å². The number of hydrogen-bond acceptors (Lipinski definition) is 3. The number of nitrogens with one attached hydrogen (secondary N) is 2. The number of anilines is 2. The van der Waals surface area contributed by atoms with Crippen molar-refractivity contribution in [2.45, 2.75) is 23.6 Å². The average Bonchev–Trinajstić information content (AvgIpc) is 3.08. The molecule has 0 unspecified atom stereocenters. The molecule has 0 atom stereocenters. The minimum atomic E-state index is 0.839. The van der Waals surface area contributed by atoms with E-state index in [0.29, 0.717) is 0 Å². The third kappa shape index (κ3) is 3.91. The summed E-state index contributed by atoms with van der Waals surface area (Å²) in [5.41, 5.74) is 5.69. The Bertz CT molecular complexity index is 1040. The van der Waals surface area contributed by atoms with Crippen LogP contribution in [0.15, 0.2) is 88.7 Å². The zero-order valence-corrected chi connectivity index (χ0v) is 16.2. The lowest BCUT2D eigenvalue weighted by Crippen LogP contribution is -1.92. The molecule has 0 spiro atoms. The number of para-hydroxylation sites is 1. The lowest BCUT2D eigenvalue weighted by Gasteiger charge is -2.10. The Morgan fingerprint density at radius 3 is 2.30 bits per heavy atom. The third-order valence-corrected chi connectivity index (χ3v) is 5.64. The second-order valence-electron chi connectivity index (χ2n) is 6.50. The topological polar surface area (TPSA) is 40.7 Å². The average molecular weight is 372 g/mol. The van der Waals surface area contributed by atoms with Crippen LogP contribution in [0.3, 0.4) is 0 Å². The number of aromatic amines is 1. The quantitative estimate of drug-likeness (QED) is 0.416. The van der Waals surface area contributed by atoms with Gasteiger partial charge < -0.3 is 5.32 Å². The van der Waals surface area contributed by atoms with Crippen molar-refractivity contribution in [2.75, 3.05) is 5.32 Å². The molecular weight excluding hydrogens is 350 g/mol. The highest BCUT2D eigenvalue weighted by atomic mass is 32.2. The number of nitrogens with zero attached hydrogens (tertiary/aromatic N) is 1. The first kappa shape index (κ1) is 17.4. The molecule has 0 aliphatic rings. The van der Waals surface area contributed by atoms with Crippen LogP contribution in [0.5, 0.6) is 0 Å². The maximum Gasteiger partial charge on any atom is 0.166 e. The zero-order valence-electron chi connectivity index (χ0n) is 15.4. The summed E-state index contributed by atoms with van der Waals surface area (Å²) in [6.45, 7) is 4.27. The van der Waals surface area contributed by atoms with Crippen LogP contribution in [-0.4, -0.2) is 10.2 Å². The second-order valence-corrected chi connectivity index (χ2v) is 7.56. The van der Waals surface area contributed by atoms with Gasteiger partial charge in [0, 0.05) is 16.1 Å². The number of hydrogen-bond donors (Lipinski definition) is 2. The highest BCUT2D eigenvalue weighted by molar-refractivity contribution is 7.99. The Morgan fingerprint density at radius 1 is 0.852 bits per heavy atom. The van der Waals surface area contributed by atoms with Gasteiger partial charge in [0.05, 0.1) is 10.6 Å². The molecule has 1 aromatic heterocycles. The molecule has 1 heterocycles. The molecule has 4 rings (SSSR count). The SMILES string of the molecule is Cc1ccc(C)c(Sc2c(Nc3ccccc3)n[nH]c2-c2ccccc2)c1. The zero-order chi connectivity index (χ0) is 18.6. The van der Waals surface area contributed by atoms with Gasteiger partial charge in [-0.1, -0.05) is 72.4 Å². The van der Waals surface area contributed by atoms with Crippen molar-refractivity contribution in [3.05, 3.63) is 90.0 Å². The molecule has 0 aliphatic carbocycles. The highest BCUT2D eigenvalue weighted by Gasteiger charge is 2.17. The van der Waals surface area contributed by atoms with Gasteiger partial charge in [0.1, 0.15) is 0 Å². The molecule has 0 amide bonds. The summed E-state index contributed by atoms with van der Waals surface area (Å²) >= 11 is 1.75. The van der Waals surface area contributed by atoms with Crippen LogP contribution in [0, 0.1) is 13.8 Å². The molecule has 27 heavy (non-hydrogen) atoms. The minimum absolute atomic E-state index is 0.839. The first-order valence-corrected chi connectivity index (χ1v) is 9.73. The van der Waals surface area contributed by atoms with E-state index in [9.17, 15) is 0 Å². The van der Waals surface area contributed by atoms with Gasteiger partial charge in [-0.25, -0.2) is 0 Å². The summed E-state index contributed by atoms with van der Waals surface area (Å²) in [6, 6.07) is 27.0. The van der Waals surface area contributed by atoms with Gasteiger partial charge in [0.25, 0.3) is 0 Å². The predicted octanol–water partition coefficient (Wildman–Crippen LogP) is 6.59. The van der Waals surface area contributed by atoms with Gasteiger partial charge >= 0.3 is 0 Å². The van der Waals surface area contributed by atoms with Gasteiger partial charge in [0.2, 0.25) is 0 Å². The van der Waals surface area contributed by atoms with Gasteiger partial charge in [-0.05, 0) is 43.2 Å². The lowest BCUT2D eigenvalue weighted by molar-refractivity contribution is 1.10. The van der Waals surface area contributed by atoms with Crippen LogP contribution < -0.4 is 5.32 Å². The predicted molar refractivity (Wildman–Crippen MR) is 114 cm³/mol. The van der Waals surface area contributed by atoms with Gasteiger partial charge in [-0.15, -0.1) is 0 Å². The molecule has 3 nitrogen and oxygen atoms in total. The fourth-order valence-electron chi connectivity index (χ4n) is 2.90.